The quantitative estimate of drug-likeness (QED) is 0.163. The second-order valence-electron chi connectivity index (χ2n) is 15.1. The minimum absolute atomic E-state index is 0.323. The molecule has 8 heteroatoms. The lowest BCUT2D eigenvalue weighted by Crippen LogP contribution is -2.08. The van der Waals surface area contributed by atoms with Crippen molar-refractivity contribution in [2.75, 3.05) is 0 Å². The molecule has 0 aliphatic heterocycles. The van der Waals surface area contributed by atoms with Gasteiger partial charge >= 0.3 is 6.18 Å². The SMILES string of the molecule is [C-]#[N+]c1ccc(-c2ccc3c4ccccc4n(-c4cc(C#N)cc(-n5c6ccccc6c6ccc(-c7ccc(C#N)cc7)cc65)c4-c4cc(C)cc(C(F)(F)F)c4)c3c2)cc1. The van der Waals surface area contributed by atoms with Gasteiger partial charge in [-0.1, -0.05) is 103 Å². The predicted molar refractivity (Wildman–Crippen MR) is 237 cm³/mol. The van der Waals surface area contributed by atoms with Crippen LogP contribution in [0.5, 0.6) is 0 Å². The molecule has 0 fully saturated rings. The number of benzene rings is 8. The molecular weight excluding hydrogens is 764 g/mol. The standard InChI is InChI=1S/C53H30F3N5/c1-32-23-39(27-40(24-32)53(54,55)56)52-50(60-46-9-5-3-7-42(46)44-21-17-37(28-48(44)60)35-13-11-33(30-57)12-14-35)25-34(31-58)26-51(52)61-47-10-6-4-8-43(47)45-22-18-38(29-49(45)61)36-15-19-41(59-2)20-16-36/h3-29H,1H3. The first-order valence-electron chi connectivity index (χ1n) is 19.5. The van der Waals surface area contributed by atoms with Gasteiger partial charge in [0, 0.05) is 27.1 Å². The molecule has 10 rings (SSSR count). The van der Waals surface area contributed by atoms with Crippen LogP contribution in [-0.4, -0.2) is 9.13 Å². The number of aromatic nitrogens is 2. The molecule has 5 nitrogen and oxygen atoms in total. The van der Waals surface area contributed by atoms with E-state index in [1.54, 1.807) is 49.4 Å². The summed E-state index contributed by atoms with van der Waals surface area (Å²) in [6.07, 6.45) is -4.62. The summed E-state index contributed by atoms with van der Waals surface area (Å²) in [6, 6.07) is 55.0. The molecule has 10 aromatic rings. The molecule has 288 valence electrons. The van der Waals surface area contributed by atoms with E-state index in [9.17, 15) is 23.7 Å². The minimum atomic E-state index is -4.62. The van der Waals surface area contributed by atoms with Crippen molar-refractivity contribution in [3.63, 3.8) is 0 Å². The molecule has 0 bridgehead atoms. The van der Waals surface area contributed by atoms with E-state index in [1.807, 2.05) is 97.1 Å². The van der Waals surface area contributed by atoms with Gasteiger partial charge in [-0.2, -0.15) is 23.7 Å². The molecule has 0 saturated carbocycles. The van der Waals surface area contributed by atoms with Crippen molar-refractivity contribution in [2.24, 2.45) is 0 Å². The van der Waals surface area contributed by atoms with Crippen LogP contribution in [0.15, 0.2) is 164 Å². The summed E-state index contributed by atoms with van der Waals surface area (Å²) in [4.78, 5) is 3.55. The van der Waals surface area contributed by atoms with Gasteiger partial charge in [0.1, 0.15) is 0 Å². The summed E-state index contributed by atoms with van der Waals surface area (Å²) >= 11 is 0. The Kier molecular flexibility index (Phi) is 8.58. The molecule has 0 N–H and O–H groups in total. The summed E-state index contributed by atoms with van der Waals surface area (Å²) in [5.41, 5.74) is 9.74. The molecule has 0 aliphatic rings. The van der Waals surface area contributed by atoms with Gasteiger partial charge in [0.05, 0.1) is 68.8 Å². The van der Waals surface area contributed by atoms with Gasteiger partial charge in [0.25, 0.3) is 0 Å². The van der Waals surface area contributed by atoms with E-state index >= 15 is 0 Å². The first-order valence-corrected chi connectivity index (χ1v) is 19.5. The van der Waals surface area contributed by atoms with Crippen LogP contribution in [0.4, 0.5) is 18.9 Å². The van der Waals surface area contributed by atoms with Crippen molar-refractivity contribution < 1.29 is 13.2 Å². The Bertz CT molecular complexity index is 3350. The van der Waals surface area contributed by atoms with Crippen LogP contribution in [0.25, 0.3) is 93.2 Å². The highest BCUT2D eigenvalue weighted by molar-refractivity contribution is 6.13. The monoisotopic (exact) mass is 793 g/mol. The highest BCUT2D eigenvalue weighted by Gasteiger charge is 2.32. The van der Waals surface area contributed by atoms with E-state index in [4.69, 9.17) is 6.57 Å². The zero-order valence-corrected chi connectivity index (χ0v) is 32.5. The average Bonchev–Trinajstić information content (AvgIpc) is 3.80. The Hall–Kier alpha value is -8.38. The van der Waals surface area contributed by atoms with E-state index in [0.717, 1.165) is 71.9 Å². The van der Waals surface area contributed by atoms with Crippen molar-refractivity contribution in [3.8, 4) is 56.9 Å². The van der Waals surface area contributed by atoms with E-state index in [2.05, 4.69) is 38.3 Å². The Morgan fingerprint density at radius 3 is 1.46 bits per heavy atom. The largest absolute Gasteiger partial charge is 0.416 e. The Labute approximate surface area is 348 Å². The number of nitriles is 2. The summed E-state index contributed by atoms with van der Waals surface area (Å²) in [7, 11) is 0. The van der Waals surface area contributed by atoms with Crippen LogP contribution < -0.4 is 0 Å². The Morgan fingerprint density at radius 2 is 0.967 bits per heavy atom. The number of aryl methyl sites for hydroxylation is 1. The second-order valence-corrected chi connectivity index (χ2v) is 15.1. The van der Waals surface area contributed by atoms with E-state index in [-0.39, 0.29) is 0 Å². The molecule has 0 saturated heterocycles. The molecule has 8 aromatic carbocycles. The van der Waals surface area contributed by atoms with Crippen LogP contribution in [0, 0.1) is 36.2 Å². The number of alkyl halides is 3. The van der Waals surface area contributed by atoms with E-state index in [1.165, 1.54) is 6.07 Å². The number of hydrogen-bond donors (Lipinski definition) is 0. The van der Waals surface area contributed by atoms with Gasteiger partial charge in [-0.15, -0.1) is 0 Å². The lowest BCUT2D eigenvalue weighted by Gasteiger charge is -2.22. The third kappa shape index (κ3) is 6.16. The molecule has 2 aromatic heterocycles. The first-order chi connectivity index (χ1) is 29.6. The fourth-order valence-corrected chi connectivity index (χ4v) is 8.70. The molecular formula is C53H30F3N5. The fraction of sp³-hybridized carbons (Fsp3) is 0.0377. The van der Waals surface area contributed by atoms with Gasteiger partial charge in [-0.3, -0.25) is 0 Å². The molecule has 2 heterocycles. The van der Waals surface area contributed by atoms with Crippen molar-refractivity contribution in [3.05, 3.63) is 197 Å². The lowest BCUT2D eigenvalue weighted by molar-refractivity contribution is -0.137. The molecule has 0 aliphatic carbocycles. The molecule has 61 heavy (non-hydrogen) atoms. The number of hydrogen-bond acceptors (Lipinski definition) is 2. The van der Waals surface area contributed by atoms with Crippen molar-refractivity contribution in [2.45, 2.75) is 13.1 Å². The van der Waals surface area contributed by atoms with Crippen LogP contribution in [0.1, 0.15) is 22.3 Å². The van der Waals surface area contributed by atoms with E-state index in [0.29, 0.717) is 44.9 Å². The van der Waals surface area contributed by atoms with Gasteiger partial charge in [0.15, 0.2) is 5.69 Å². The number of para-hydroxylation sites is 2. The number of fused-ring (bicyclic) bond motifs is 6. The van der Waals surface area contributed by atoms with Crippen LogP contribution in [-0.2, 0) is 6.18 Å². The second kappa shape index (κ2) is 14.2. The zero-order valence-electron chi connectivity index (χ0n) is 32.5. The predicted octanol–water partition coefficient (Wildman–Crippen LogP) is 14.5. The summed E-state index contributed by atoms with van der Waals surface area (Å²) in [5, 5.41) is 24.0. The normalized spacial score (nSPS) is 11.6. The summed E-state index contributed by atoms with van der Waals surface area (Å²) in [6.45, 7) is 9.11. The Balaban J connectivity index is 1.36. The van der Waals surface area contributed by atoms with Gasteiger partial charge in [0.2, 0.25) is 0 Å². The third-order valence-corrected chi connectivity index (χ3v) is 11.4. The Morgan fingerprint density at radius 1 is 0.492 bits per heavy atom. The molecule has 0 radical (unpaired) electrons. The smallest absolute Gasteiger partial charge is 0.308 e. The van der Waals surface area contributed by atoms with Crippen molar-refractivity contribution in [1.29, 1.82) is 10.5 Å². The minimum Gasteiger partial charge on any atom is -0.308 e. The molecule has 0 atom stereocenters. The highest BCUT2D eigenvalue weighted by Crippen LogP contribution is 2.45. The van der Waals surface area contributed by atoms with Crippen molar-refractivity contribution >= 4 is 49.3 Å². The molecule has 0 unspecified atom stereocenters. The third-order valence-electron chi connectivity index (χ3n) is 11.4. The topological polar surface area (TPSA) is 61.8 Å². The van der Waals surface area contributed by atoms with Gasteiger partial charge < -0.3 is 9.13 Å². The summed E-state index contributed by atoms with van der Waals surface area (Å²) < 4.78 is 48.5. The van der Waals surface area contributed by atoms with Crippen LogP contribution in [0.3, 0.4) is 0 Å². The lowest BCUT2D eigenvalue weighted by atomic mass is 9.94. The van der Waals surface area contributed by atoms with Crippen LogP contribution in [0.2, 0.25) is 0 Å². The zero-order chi connectivity index (χ0) is 42.0. The van der Waals surface area contributed by atoms with Crippen LogP contribution >= 0.6 is 0 Å². The van der Waals surface area contributed by atoms with E-state index < -0.39 is 11.7 Å². The first kappa shape index (κ1) is 36.9. The highest BCUT2D eigenvalue weighted by atomic mass is 19.4. The summed E-state index contributed by atoms with van der Waals surface area (Å²) in [5.74, 6) is 0. The molecule has 0 amide bonds. The maximum Gasteiger partial charge on any atom is 0.416 e. The number of nitrogens with zero attached hydrogens (tertiary/aromatic N) is 5. The average molecular weight is 794 g/mol. The maximum atomic E-state index is 14.8. The van der Waals surface area contributed by atoms with Gasteiger partial charge in [-0.05, 0) is 101 Å². The number of halogens is 3. The fourth-order valence-electron chi connectivity index (χ4n) is 8.70. The van der Waals surface area contributed by atoms with Gasteiger partial charge in [-0.25, -0.2) is 4.85 Å². The maximum absolute atomic E-state index is 14.8. The molecule has 0 spiro atoms. The van der Waals surface area contributed by atoms with Crippen molar-refractivity contribution in [1.82, 2.24) is 9.13 Å². The number of rotatable bonds is 5.